The van der Waals surface area contributed by atoms with Gasteiger partial charge in [0, 0.05) is 22.5 Å². The van der Waals surface area contributed by atoms with Crippen molar-refractivity contribution in [3.8, 4) is 0 Å². The maximum atomic E-state index is 11.5. The molecule has 1 amide bonds. The molecule has 0 fully saturated rings. The molecule has 0 saturated carbocycles. The molecule has 1 heterocycles. The number of ether oxygens (including phenoxy) is 1. The summed E-state index contributed by atoms with van der Waals surface area (Å²) in [6.07, 6.45) is 1.01. The molecular weight excluding hydrogens is 287 g/mol. The third-order valence-corrected chi connectivity index (χ3v) is 2.72. The Balaban J connectivity index is 1.84. The van der Waals surface area contributed by atoms with Crippen LogP contribution >= 0.6 is 23.2 Å². The van der Waals surface area contributed by atoms with Gasteiger partial charge in [-0.2, -0.15) is 0 Å². The predicted molar refractivity (Wildman–Crippen MR) is 74.5 cm³/mol. The lowest BCUT2D eigenvalue weighted by Crippen LogP contribution is -2.13. The zero-order chi connectivity index (χ0) is 13.7. The standard InChI is InChI=1S/C13H10Cl2N2O2/c14-10-2-4-11(5-3-10)17-13(18)19-8-9-1-6-12(15)16-7-9/h1-7H,8H2,(H,17,18). The lowest BCUT2D eigenvalue weighted by atomic mass is 10.3. The van der Waals surface area contributed by atoms with Crippen molar-refractivity contribution in [2.75, 3.05) is 5.32 Å². The van der Waals surface area contributed by atoms with Crippen molar-refractivity contribution in [2.45, 2.75) is 6.61 Å². The number of pyridine rings is 1. The molecule has 0 unspecified atom stereocenters. The van der Waals surface area contributed by atoms with Gasteiger partial charge in [-0.15, -0.1) is 0 Å². The van der Waals surface area contributed by atoms with Crippen LogP contribution in [0.15, 0.2) is 42.6 Å². The normalized spacial score (nSPS) is 10.0. The van der Waals surface area contributed by atoms with E-state index in [1.807, 2.05) is 0 Å². The first-order valence-electron chi connectivity index (χ1n) is 5.43. The highest BCUT2D eigenvalue weighted by Gasteiger charge is 2.04. The Morgan fingerprint density at radius 2 is 1.89 bits per heavy atom. The Kier molecular flexibility index (Phi) is 4.60. The number of anilines is 1. The highest BCUT2D eigenvalue weighted by Crippen LogP contribution is 2.14. The van der Waals surface area contributed by atoms with E-state index in [0.29, 0.717) is 15.9 Å². The number of nitrogens with one attached hydrogen (secondary N) is 1. The molecule has 0 atom stereocenters. The Labute approximate surface area is 120 Å². The topological polar surface area (TPSA) is 51.2 Å². The van der Waals surface area contributed by atoms with Gasteiger partial charge in [0.05, 0.1) is 0 Å². The predicted octanol–water partition coefficient (Wildman–Crippen LogP) is 4.14. The maximum absolute atomic E-state index is 11.5. The molecule has 1 N–H and O–H groups in total. The molecule has 2 aromatic rings. The summed E-state index contributed by atoms with van der Waals surface area (Å²) >= 11 is 11.4. The Morgan fingerprint density at radius 1 is 1.16 bits per heavy atom. The van der Waals surface area contributed by atoms with Crippen molar-refractivity contribution in [1.29, 1.82) is 0 Å². The molecule has 0 aliphatic heterocycles. The summed E-state index contributed by atoms with van der Waals surface area (Å²) in [4.78, 5) is 15.4. The van der Waals surface area contributed by atoms with E-state index in [1.165, 1.54) is 0 Å². The molecule has 0 bridgehead atoms. The third kappa shape index (κ3) is 4.43. The lowest BCUT2D eigenvalue weighted by Gasteiger charge is -2.07. The molecule has 6 heteroatoms. The first kappa shape index (κ1) is 13.6. The first-order chi connectivity index (χ1) is 9.13. The minimum absolute atomic E-state index is 0.129. The van der Waals surface area contributed by atoms with Crippen LogP contribution in [0, 0.1) is 0 Å². The number of rotatable bonds is 3. The second-order valence-corrected chi connectivity index (χ2v) is 4.52. The third-order valence-electron chi connectivity index (χ3n) is 2.25. The Hall–Kier alpha value is -1.78. The fraction of sp³-hybridized carbons (Fsp3) is 0.0769. The quantitative estimate of drug-likeness (QED) is 0.866. The zero-order valence-electron chi connectivity index (χ0n) is 9.77. The van der Waals surface area contributed by atoms with Gasteiger partial charge in [0.15, 0.2) is 0 Å². The highest BCUT2D eigenvalue weighted by molar-refractivity contribution is 6.30. The van der Waals surface area contributed by atoms with E-state index in [2.05, 4.69) is 10.3 Å². The van der Waals surface area contributed by atoms with Gasteiger partial charge < -0.3 is 4.74 Å². The smallest absolute Gasteiger partial charge is 0.411 e. The van der Waals surface area contributed by atoms with Crippen molar-refractivity contribution >= 4 is 35.0 Å². The average Bonchev–Trinajstić information content (AvgIpc) is 2.41. The fourth-order valence-corrected chi connectivity index (χ4v) is 1.57. The Morgan fingerprint density at radius 3 is 2.53 bits per heavy atom. The van der Waals surface area contributed by atoms with Crippen molar-refractivity contribution in [1.82, 2.24) is 4.98 Å². The number of carbonyl (C=O) groups excluding carboxylic acids is 1. The van der Waals surface area contributed by atoms with E-state index < -0.39 is 6.09 Å². The molecule has 19 heavy (non-hydrogen) atoms. The largest absolute Gasteiger partial charge is 0.444 e. The first-order valence-corrected chi connectivity index (χ1v) is 6.19. The number of hydrogen-bond acceptors (Lipinski definition) is 3. The number of nitrogens with zero attached hydrogens (tertiary/aromatic N) is 1. The van der Waals surface area contributed by atoms with Crippen LogP contribution in [0.4, 0.5) is 10.5 Å². The van der Waals surface area contributed by atoms with Crippen LogP contribution in [0.1, 0.15) is 5.56 Å². The molecule has 98 valence electrons. The number of halogens is 2. The maximum Gasteiger partial charge on any atom is 0.411 e. The van der Waals surface area contributed by atoms with Crippen LogP contribution in [0.25, 0.3) is 0 Å². The summed E-state index contributed by atoms with van der Waals surface area (Å²) in [5.41, 5.74) is 1.37. The van der Waals surface area contributed by atoms with Crippen LogP contribution in [-0.2, 0) is 11.3 Å². The molecule has 0 spiro atoms. The summed E-state index contributed by atoms with van der Waals surface area (Å²) in [5, 5.41) is 3.58. The van der Waals surface area contributed by atoms with Gasteiger partial charge in [-0.1, -0.05) is 29.3 Å². The molecule has 1 aromatic carbocycles. The van der Waals surface area contributed by atoms with Crippen molar-refractivity contribution in [3.05, 3.63) is 58.3 Å². The summed E-state index contributed by atoms with van der Waals surface area (Å²) in [5.74, 6) is 0. The SMILES string of the molecule is O=C(Nc1ccc(Cl)cc1)OCc1ccc(Cl)nc1. The van der Waals surface area contributed by atoms with E-state index in [-0.39, 0.29) is 6.61 Å². The summed E-state index contributed by atoms with van der Waals surface area (Å²) in [7, 11) is 0. The summed E-state index contributed by atoms with van der Waals surface area (Å²) < 4.78 is 5.04. The highest BCUT2D eigenvalue weighted by atomic mass is 35.5. The number of hydrogen-bond donors (Lipinski definition) is 1. The van der Waals surface area contributed by atoms with E-state index in [4.69, 9.17) is 27.9 Å². The van der Waals surface area contributed by atoms with Crippen molar-refractivity contribution in [2.24, 2.45) is 0 Å². The minimum atomic E-state index is -0.544. The second kappa shape index (κ2) is 6.41. The molecule has 0 saturated heterocycles. The van der Waals surface area contributed by atoms with E-state index >= 15 is 0 Å². The van der Waals surface area contributed by atoms with Gasteiger partial charge in [-0.05, 0) is 30.3 Å². The zero-order valence-corrected chi connectivity index (χ0v) is 11.3. The van der Waals surface area contributed by atoms with Gasteiger partial charge in [0.1, 0.15) is 11.8 Å². The number of benzene rings is 1. The second-order valence-electron chi connectivity index (χ2n) is 3.70. The van der Waals surface area contributed by atoms with Crippen molar-refractivity contribution in [3.63, 3.8) is 0 Å². The molecular formula is C13H10Cl2N2O2. The van der Waals surface area contributed by atoms with Crippen LogP contribution in [0.3, 0.4) is 0 Å². The molecule has 4 nitrogen and oxygen atoms in total. The van der Waals surface area contributed by atoms with Crippen molar-refractivity contribution < 1.29 is 9.53 Å². The summed E-state index contributed by atoms with van der Waals surface area (Å²) in [6, 6.07) is 10.1. The van der Waals surface area contributed by atoms with Crippen LogP contribution in [0.5, 0.6) is 0 Å². The molecule has 0 aliphatic rings. The lowest BCUT2D eigenvalue weighted by molar-refractivity contribution is 0.155. The van der Waals surface area contributed by atoms with Gasteiger partial charge in [0.25, 0.3) is 0 Å². The van der Waals surface area contributed by atoms with Crippen LogP contribution in [0.2, 0.25) is 10.2 Å². The number of aromatic nitrogens is 1. The van der Waals surface area contributed by atoms with E-state index in [9.17, 15) is 4.79 Å². The van der Waals surface area contributed by atoms with Gasteiger partial charge in [0.2, 0.25) is 0 Å². The van der Waals surface area contributed by atoms with Gasteiger partial charge in [-0.25, -0.2) is 9.78 Å². The number of carbonyl (C=O) groups is 1. The fourth-order valence-electron chi connectivity index (χ4n) is 1.33. The van der Waals surface area contributed by atoms with E-state index in [1.54, 1.807) is 42.6 Å². The average molecular weight is 297 g/mol. The monoisotopic (exact) mass is 296 g/mol. The summed E-state index contributed by atoms with van der Waals surface area (Å²) in [6.45, 7) is 0.129. The van der Waals surface area contributed by atoms with Crippen LogP contribution < -0.4 is 5.32 Å². The molecule has 2 rings (SSSR count). The molecule has 1 aromatic heterocycles. The molecule has 0 radical (unpaired) electrons. The Bertz CT molecular complexity index is 556. The van der Waals surface area contributed by atoms with Gasteiger partial charge in [-0.3, -0.25) is 5.32 Å². The number of amides is 1. The van der Waals surface area contributed by atoms with Gasteiger partial charge >= 0.3 is 6.09 Å². The minimum Gasteiger partial charge on any atom is -0.444 e. The van der Waals surface area contributed by atoms with E-state index in [0.717, 1.165) is 5.56 Å². The molecule has 0 aliphatic carbocycles. The van der Waals surface area contributed by atoms with Crippen LogP contribution in [-0.4, -0.2) is 11.1 Å².